The van der Waals surface area contributed by atoms with Crippen LogP contribution < -0.4 is 11.1 Å². The number of nitrogens with one attached hydrogen (secondary N) is 3. The van der Waals surface area contributed by atoms with E-state index in [2.05, 4.69) is 21.4 Å². The number of rotatable bonds is 4. The molecule has 0 saturated heterocycles. The molecule has 24 heavy (non-hydrogen) atoms. The first-order valence-electron chi connectivity index (χ1n) is 7.93. The van der Waals surface area contributed by atoms with Gasteiger partial charge in [0.25, 0.3) is 5.91 Å². The molecule has 2 aromatic heterocycles. The van der Waals surface area contributed by atoms with Gasteiger partial charge in [0, 0.05) is 34.5 Å². The SMILES string of the molecule is Nc1[nH]c2ccccc2c1C(=O)NCCc1c[nH]c2ccccc12. The molecule has 4 rings (SSSR count). The van der Waals surface area contributed by atoms with Crippen LogP contribution in [-0.4, -0.2) is 22.4 Å². The molecule has 0 spiro atoms. The molecular weight excluding hydrogens is 300 g/mol. The molecule has 0 saturated carbocycles. The second-order valence-electron chi connectivity index (χ2n) is 5.82. The van der Waals surface area contributed by atoms with Gasteiger partial charge in [-0.1, -0.05) is 36.4 Å². The van der Waals surface area contributed by atoms with Gasteiger partial charge < -0.3 is 21.0 Å². The minimum Gasteiger partial charge on any atom is -0.385 e. The molecule has 1 amide bonds. The molecule has 5 heteroatoms. The van der Waals surface area contributed by atoms with E-state index in [1.54, 1.807) is 0 Å². The van der Waals surface area contributed by atoms with Gasteiger partial charge in [0.05, 0.1) is 5.56 Å². The van der Waals surface area contributed by atoms with Crippen molar-refractivity contribution in [1.82, 2.24) is 15.3 Å². The fourth-order valence-corrected chi connectivity index (χ4v) is 3.14. The van der Waals surface area contributed by atoms with Crippen molar-refractivity contribution in [2.45, 2.75) is 6.42 Å². The van der Waals surface area contributed by atoms with Crippen molar-refractivity contribution in [2.24, 2.45) is 0 Å². The van der Waals surface area contributed by atoms with Crippen LogP contribution in [0.2, 0.25) is 0 Å². The molecule has 0 radical (unpaired) electrons. The van der Waals surface area contributed by atoms with Crippen LogP contribution in [0.25, 0.3) is 21.8 Å². The number of H-pyrrole nitrogens is 2. The lowest BCUT2D eigenvalue weighted by atomic mass is 10.1. The van der Waals surface area contributed by atoms with Crippen molar-refractivity contribution in [1.29, 1.82) is 0 Å². The zero-order chi connectivity index (χ0) is 16.5. The van der Waals surface area contributed by atoms with Crippen LogP contribution in [0.1, 0.15) is 15.9 Å². The van der Waals surface area contributed by atoms with Gasteiger partial charge in [0.2, 0.25) is 0 Å². The Bertz CT molecular complexity index is 1030. The number of benzene rings is 2. The Kier molecular flexibility index (Phi) is 3.46. The number of anilines is 1. The summed E-state index contributed by atoms with van der Waals surface area (Å²) < 4.78 is 0. The highest BCUT2D eigenvalue weighted by Gasteiger charge is 2.16. The smallest absolute Gasteiger partial charge is 0.255 e. The van der Waals surface area contributed by atoms with E-state index in [4.69, 9.17) is 5.73 Å². The van der Waals surface area contributed by atoms with E-state index in [1.807, 2.05) is 48.7 Å². The number of aromatic amines is 2. The number of carbonyl (C=O) groups excluding carboxylic acids is 1. The van der Waals surface area contributed by atoms with Crippen LogP contribution in [0, 0.1) is 0 Å². The van der Waals surface area contributed by atoms with E-state index in [0.717, 1.165) is 22.8 Å². The highest BCUT2D eigenvalue weighted by molar-refractivity contribution is 6.11. The van der Waals surface area contributed by atoms with Crippen LogP contribution in [0.15, 0.2) is 54.7 Å². The lowest BCUT2D eigenvalue weighted by molar-refractivity contribution is 0.0956. The second-order valence-corrected chi connectivity index (χ2v) is 5.82. The predicted octanol–water partition coefficient (Wildman–Crippen LogP) is 3.20. The first-order chi connectivity index (χ1) is 11.7. The maximum absolute atomic E-state index is 12.5. The summed E-state index contributed by atoms with van der Waals surface area (Å²) in [5.74, 6) is 0.255. The van der Waals surface area contributed by atoms with Gasteiger partial charge in [-0.05, 0) is 24.1 Å². The topological polar surface area (TPSA) is 86.7 Å². The third-order valence-corrected chi connectivity index (χ3v) is 4.32. The van der Waals surface area contributed by atoms with Crippen LogP contribution in [0.4, 0.5) is 5.82 Å². The average Bonchev–Trinajstić information content (AvgIpc) is 3.15. The van der Waals surface area contributed by atoms with Gasteiger partial charge in [0.15, 0.2) is 0 Å². The van der Waals surface area contributed by atoms with Crippen molar-refractivity contribution in [3.63, 3.8) is 0 Å². The molecule has 5 nitrogen and oxygen atoms in total. The minimum absolute atomic E-state index is 0.148. The lowest BCUT2D eigenvalue weighted by Crippen LogP contribution is -2.26. The number of nitrogens with two attached hydrogens (primary N) is 1. The summed E-state index contributed by atoms with van der Waals surface area (Å²) in [5, 5.41) is 5.01. The summed E-state index contributed by atoms with van der Waals surface area (Å²) in [6.07, 6.45) is 2.76. The molecule has 0 aliphatic heterocycles. The van der Waals surface area contributed by atoms with Gasteiger partial charge in [-0.25, -0.2) is 0 Å². The van der Waals surface area contributed by atoms with Gasteiger partial charge >= 0.3 is 0 Å². The molecule has 0 aliphatic carbocycles. The largest absolute Gasteiger partial charge is 0.385 e. The van der Waals surface area contributed by atoms with Gasteiger partial charge in [-0.2, -0.15) is 0 Å². The van der Waals surface area contributed by atoms with Gasteiger partial charge in [-0.3, -0.25) is 4.79 Å². The van der Waals surface area contributed by atoms with E-state index < -0.39 is 0 Å². The van der Waals surface area contributed by atoms with E-state index in [-0.39, 0.29) is 5.91 Å². The molecule has 2 aromatic carbocycles. The first-order valence-corrected chi connectivity index (χ1v) is 7.93. The highest BCUT2D eigenvalue weighted by atomic mass is 16.1. The zero-order valence-electron chi connectivity index (χ0n) is 13.1. The predicted molar refractivity (Wildman–Crippen MR) is 97.0 cm³/mol. The molecule has 120 valence electrons. The van der Waals surface area contributed by atoms with E-state index in [1.165, 1.54) is 10.9 Å². The number of hydrogen-bond acceptors (Lipinski definition) is 2. The van der Waals surface area contributed by atoms with Crippen molar-refractivity contribution >= 4 is 33.5 Å². The molecule has 2 heterocycles. The monoisotopic (exact) mass is 318 g/mol. The van der Waals surface area contributed by atoms with Crippen molar-refractivity contribution in [3.05, 3.63) is 65.9 Å². The number of hydrogen-bond donors (Lipinski definition) is 4. The minimum atomic E-state index is -0.148. The average molecular weight is 318 g/mol. The number of carbonyl (C=O) groups is 1. The Morgan fingerprint density at radius 2 is 1.71 bits per heavy atom. The number of nitrogen functional groups attached to an aromatic ring is 1. The van der Waals surface area contributed by atoms with Gasteiger partial charge in [-0.15, -0.1) is 0 Å². The number of fused-ring (bicyclic) bond motifs is 2. The Hall–Kier alpha value is -3.21. The van der Waals surface area contributed by atoms with E-state index >= 15 is 0 Å². The number of amides is 1. The van der Waals surface area contributed by atoms with Crippen LogP contribution in [-0.2, 0) is 6.42 Å². The Morgan fingerprint density at radius 1 is 1.00 bits per heavy atom. The second kappa shape index (κ2) is 5.77. The molecule has 0 aliphatic rings. The molecule has 0 atom stereocenters. The molecular formula is C19H18N4O. The number of para-hydroxylation sites is 2. The fourth-order valence-electron chi connectivity index (χ4n) is 3.14. The highest BCUT2D eigenvalue weighted by Crippen LogP contribution is 2.24. The maximum Gasteiger partial charge on any atom is 0.255 e. The molecule has 0 bridgehead atoms. The zero-order valence-corrected chi connectivity index (χ0v) is 13.1. The van der Waals surface area contributed by atoms with Crippen LogP contribution in [0.5, 0.6) is 0 Å². The van der Waals surface area contributed by atoms with Crippen LogP contribution >= 0.6 is 0 Å². The van der Waals surface area contributed by atoms with E-state index in [0.29, 0.717) is 17.9 Å². The first kappa shape index (κ1) is 14.4. The normalized spacial score (nSPS) is 11.2. The third-order valence-electron chi connectivity index (χ3n) is 4.32. The molecule has 4 aromatic rings. The Morgan fingerprint density at radius 3 is 2.54 bits per heavy atom. The standard InChI is InChI=1S/C19H18N4O/c20-18-17(14-6-2-4-8-16(14)23-18)19(24)21-10-9-12-11-22-15-7-3-1-5-13(12)15/h1-8,11,22-23H,9-10,20H2,(H,21,24). The Labute approximate surface area is 138 Å². The summed E-state index contributed by atoms with van der Waals surface area (Å²) in [6, 6.07) is 15.8. The Balaban J connectivity index is 1.49. The number of aromatic nitrogens is 2. The van der Waals surface area contributed by atoms with E-state index in [9.17, 15) is 4.79 Å². The summed E-state index contributed by atoms with van der Waals surface area (Å²) in [5.41, 5.74) is 9.67. The van der Waals surface area contributed by atoms with Gasteiger partial charge in [0.1, 0.15) is 5.82 Å². The molecule has 0 unspecified atom stereocenters. The summed E-state index contributed by atoms with van der Waals surface area (Å²) in [7, 11) is 0. The summed E-state index contributed by atoms with van der Waals surface area (Å²) in [4.78, 5) is 18.8. The molecule has 5 N–H and O–H groups in total. The molecule has 0 fully saturated rings. The van der Waals surface area contributed by atoms with Crippen molar-refractivity contribution in [2.75, 3.05) is 12.3 Å². The fraction of sp³-hybridized carbons (Fsp3) is 0.105. The lowest BCUT2D eigenvalue weighted by Gasteiger charge is -2.05. The maximum atomic E-state index is 12.5. The quantitative estimate of drug-likeness (QED) is 0.466. The van der Waals surface area contributed by atoms with Crippen LogP contribution in [0.3, 0.4) is 0 Å². The summed E-state index contributed by atoms with van der Waals surface area (Å²) >= 11 is 0. The van der Waals surface area contributed by atoms with Crippen molar-refractivity contribution in [3.8, 4) is 0 Å². The van der Waals surface area contributed by atoms with Crippen molar-refractivity contribution < 1.29 is 4.79 Å². The third kappa shape index (κ3) is 2.40. The summed E-state index contributed by atoms with van der Waals surface area (Å²) in [6.45, 7) is 0.555.